The number of ether oxygens (including phenoxy) is 1. The second-order valence-electron chi connectivity index (χ2n) is 3.54. The summed E-state index contributed by atoms with van der Waals surface area (Å²) in [6.45, 7) is 0.988. The Labute approximate surface area is 98.7 Å². The molecule has 0 spiro atoms. The van der Waals surface area contributed by atoms with Crippen molar-refractivity contribution in [2.75, 3.05) is 13.7 Å². The van der Waals surface area contributed by atoms with Crippen molar-refractivity contribution in [3.8, 4) is 5.75 Å². The van der Waals surface area contributed by atoms with Crippen molar-refractivity contribution in [3.63, 3.8) is 0 Å². The van der Waals surface area contributed by atoms with Gasteiger partial charge < -0.3 is 10.1 Å². The van der Waals surface area contributed by atoms with Crippen molar-refractivity contribution in [1.82, 2.24) is 5.32 Å². The summed E-state index contributed by atoms with van der Waals surface area (Å²) in [7, 11) is 1.54. The fraction of sp³-hybridized carbons (Fsp3) is 0.364. The van der Waals surface area contributed by atoms with Crippen LogP contribution in [0, 0.1) is 10.1 Å². The van der Waals surface area contributed by atoms with Gasteiger partial charge in [0.25, 0.3) is 0 Å². The smallest absolute Gasteiger partial charge is 0.227 e. The fourth-order valence-electron chi connectivity index (χ4n) is 1.47. The third-order valence-corrected chi connectivity index (χ3v) is 2.23. The zero-order valence-electron chi connectivity index (χ0n) is 9.67. The van der Waals surface area contributed by atoms with Crippen LogP contribution in [0.2, 0.25) is 0 Å². The van der Waals surface area contributed by atoms with Crippen LogP contribution < -0.4 is 10.1 Å². The second-order valence-corrected chi connectivity index (χ2v) is 3.54. The molecule has 1 amide bonds. The highest BCUT2D eigenvalue weighted by Gasteiger charge is 2.18. The Balaban J connectivity index is 2.86. The highest BCUT2D eigenvalue weighted by atomic mass is 16.6. The minimum atomic E-state index is -0.617. The fourth-order valence-corrected chi connectivity index (χ4v) is 1.47. The number of hydrogen-bond donors (Lipinski definition) is 1. The normalized spacial score (nSPS) is 11.6. The summed E-state index contributed by atoms with van der Waals surface area (Å²) in [5.74, 6) is 0.365. The molecule has 1 aromatic rings. The molecule has 1 rings (SSSR count). The lowest BCUT2D eigenvalue weighted by molar-refractivity contribution is -0.484. The van der Waals surface area contributed by atoms with E-state index in [0.717, 1.165) is 0 Å². The van der Waals surface area contributed by atoms with Crippen LogP contribution in [0.4, 0.5) is 0 Å². The van der Waals surface area contributed by atoms with Gasteiger partial charge in [-0.2, -0.15) is 0 Å². The molecule has 0 saturated heterocycles. The number of amides is 1. The average molecular weight is 238 g/mol. The van der Waals surface area contributed by atoms with E-state index in [1.54, 1.807) is 24.3 Å². The summed E-state index contributed by atoms with van der Waals surface area (Å²) in [6, 6.07) is 6.17. The maximum Gasteiger partial charge on any atom is 0.227 e. The first kappa shape index (κ1) is 13.0. The van der Waals surface area contributed by atoms with Crippen LogP contribution in [0.3, 0.4) is 0 Å². The Hall–Kier alpha value is -2.11. The molecular weight excluding hydrogens is 224 g/mol. The van der Waals surface area contributed by atoms with Crippen LogP contribution in [-0.4, -0.2) is 24.5 Å². The molecule has 0 saturated carbocycles. The lowest BCUT2D eigenvalue weighted by atomic mass is 10.1. The van der Waals surface area contributed by atoms with Gasteiger partial charge in [-0.25, -0.2) is 0 Å². The molecule has 0 heterocycles. The molecule has 6 heteroatoms. The van der Waals surface area contributed by atoms with Crippen LogP contribution in [0.1, 0.15) is 18.5 Å². The third kappa shape index (κ3) is 4.10. The molecule has 1 atom stereocenters. The number of carbonyl (C=O) groups excluding carboxylic acids is 1. The topological polar surface area (TPSA) is 81.5 Å². The van der Waals surface area contributed by atoms with Gasteiger partial charge in [0.15, 0.2) is 0 Å². The van der Waals surface area contributed by atoms with Crippen molar-refractivity contribution in [2.24, 2.45) is 0 Å². The maximum atomic E-state index is 11.0. The molecule has 0 aliphatic rings. The lowest BCUT2D eigenvalue weighted by Crippen LogP contribution is -2.31. The van der Waals surface area contributed by atoms with Crippen molar-refractivity contribution >= 4 is 5.91 Å². The summed E-state index contributed by atoms with van der Waals surface area (Å²) in [6.07, 6.45) is 0. The number of benzene rings is 1. The molecule has 0 fully saturated rings. The van der Waals surface area contributed by atoms with E-state index in [2.05, 4.69) is 5.32 Å². The Morgan fingerprint density at radius 1 is 1.47 bits per heavy atom. The summed E-state index contributed by atoms with van der Waals surface area (Å²) >= 11 is 0. The first-order valence-electron chi connectivity index (χ1n) is 5.05. The average Bonchev–Trinajstić information content (AvgIpc) is 2.27. The number of nitrogens with zero attached hydrogens (tertiary/aromatic N) is 1. The molecule has 0 aliphatic carbocycles. The van der Waals surface area contributed by atoms with Crippen LogP contribution in [0.25, 0.3) is 0 Å². The largest absolute Gasteiger partial charge is 0.497 e. The minimum Gasteiger partial charge on any atom is -0.497 e. The summed E-state index contributed by atoms with van der Waals surface area (Å²) in [5, 5.41) is 13.1. The van der Waals surface area contributed by atoms with Crippen LogP contribution in [0.15, 0.2) is 24.3 Å². The molecule has 0 unspecified atom stereocenters. The zero-order chi connectivity index (χ0) is 12.8. The maximum absolute atomic E-state index is 11.0. The Bertz CT molecular complexity index is 386. The van der Waals surface area contributed by atoms with E-state index < -0.39 is 11.0 Å². The molecule has 17 heavy (non-hydrogen) atoms. The number of nitrogens with one attached hydrogen (secondary N) is 1. The number of nitro groups is 1. The summed E-state index contributed by atoms with van der Waals surface area (Å²) in [4.78, 5) is 21.0. The Morgan fingerprint density at radius 3 is 2.47 bits per heavy atom. The van der Waals surface area contributed by atoms with Crippen molar-refractivity contribution in [1.29, 1.82) is 0 Å². The number of carbonyl (C=O) groups is 1. The summed E-state index contributed by atoms with van der Waals surface area (Å²) < 4.78 is 4.99. The second kappa shape index (κ2) is 5.83. The van der Waals surface area contributed by atoms with Gasteiger partial charge in [0.05, 0.1) is 7.11 Å². The van der Waals surface area contributed by atoms with E-state index in [1.165, 1.54) is 14.0 Å². The predicted octanol–water partition coefficient (Wildman–Crippen LogP) is 1.15. The molecule has 0 aliphatic heterocycles. The van der Waals surface area contributed by atoms with E-state index in [-0.39, 0.29) is 12.5 Å². The van der Waals surface area contributed by atoms with E-state index in [1.807, 2.05) is 0 Å². The van der Waals surface area contributed by atoms with Crippen molar-refractivity contribution in [2.45, 2.75) is 13.0 Å². The highest BCUT2D eigenvalue weighted by Crippen LogP contribution is 2.17. The SMILES string of the molecule is COc1ccc([C@H](C[N+](=O)[O-])NC(C)=O)cc1. The van der Waals surface area contributed by atoms with E-state index >= 15 is 0 Å². The molecule has 1 N–H and O–H groups in total. The van der Waals surface area contributed by atoms with Gasteiger partial charge in [-0.15, -0.1) is 0 Å². The van der Waals surface area contributed by atoms with E-state index in [0.29, 0.717) is 11.3 Å². The van der Waals surface area contributed by atoms with E-state index in [4.69, 9.17) is 4.74 Å². The van der Waals surface area contributed by atoms with Crippen molar-refractivity contribution in [3.05, 3.63) is 39.9 Å². The Morgan fingerprint density at radius 2 is 2.06 bits per heavy atom. The first-order valence-corrected chi connectivity index (χ1v) is 5.05. The number of methoxy groups -OCH3 is 1. The monoisotopic (exact) mass is 238 g/mol. The van der Waals surface area contributed by atoms with Crippen LogP contribution >= 0.6 is 0 Å². The number of hydrogen-bond acceptors (Lipinski definition) is 4. The molecule has 0 aromatic heterocycles. The lowest BCUT2D eigenvalue weighted by Gasteiger charge is -2.14. The highest BCUT2D eigenvalue weighted by molar-refractivity contribution is 5.73. The molecule has 0 bridgehead atoms. The molecule has 92 valence electrons. The molecule has 0 radical (unpaired) electrons. The number of rotatable bonds is 5. The first-order chi connectivity index (χ1) is 8.02. The van der Waals surface area contributed by atoms with Gasteiger partial charge >= 0.3 is 0 Å². The molecule has 6 nitrogen and oxygen atoms in total. The van der Waals surface area contributed by atoms with Gasteiger partial charge in [0.1, 0.15) is 11.8 Å². The van der Waals surface area contributed by atoms with Gasteiger partial charge in [-0.3, -0.25) is 14.9 Å². The predicted molar refractivity (Wildman–Crippen MR) is 61.4 cm³/mol. The minimum absolute atomic E-state index is 0.298. The van der Waals surface area contributed by atoms with Crippen molar-refractivity contribution < 1.29 is 14.5 Å². The van der Waals surface area contributed by atoms with Gasteiger partial charge in [-0.05, 0) is 17.7 Å². The van der Waals surface area contributed by atoms with Gasteiger partial charge in [0.2, 0.25) is 12.5 Å². The zero-order valence-corrected chi connectivity index (χ0v) is 9.67. The summed E-state index contributed by atoms with van der Waals surface area (Å²) in [5.41, 5.74) is 0.678. The molecule has 1 aromatic carbocycles. The standard InChI is InChI=1S/C11H14N2O4/c1-8(14)12-11(7-13(15)16)9-3-5-10(17-2)6-4-9/h3-6,11H,7H2,1-2H3,(H,12,14)/t11-/m0/s1. The third-order valence-electron chi connectivity index (χ3n) is 2.23. The Kier molecular flexibility index (Phi) is 4.45. The quantitative estimate of drug-likeness (QED) is 0.616. The van der Waals surface area contributed by atoms with E-state index in [9.17, 15) is 14.9 Å². The van der Waals surface area contributed by atoms with Crippen LogP contribution in [-0.2, 0) is 4.79 Å². The molecular formula is C11H14N2O4. The van der Waals surface area contributed by atoms with Gasteiger partial charge in [0, 0.05) is 11.8 Å². The van der Waals surface area contributed by atoms with Crippen LogP contribution in [0.5, 0.6) is 5.75 Å². The van der Waals surface area contributed by atoms with Gasteiger partial charge in [-0.1, -0.05) is 12.1 Å².